The highest BCUT2D eigenvalue weighted by molar-refractivity contribution is 6.12. The van der Waals surface area contributed by atoms with E-state index in [2.05, 4.69) is 172 Å². The second-order valence-electron chi connectivity index (χ2n) is 14.4. The van der Waals surface area contributed by atoms with Crippen LogP contribution in [0.4, 0.5) is 0 Å². The molecule has 0 aliphatic heterocycles. The fourth-order valence-electron chi connectivity index (χ4n) is 7.74. The molecule has 0 saturated heterocycles. The molecule has 1 unspecified atom stereocenters. The minimum atomic E-state index is -0.473. The highest BCUT2D eigenvalue weighted by Crippen LogP contribution is 2.41. The summed E-state index contributed by atoms with van der Waals surface area (Å²) in [6, 6.07) is 50.9. The smallest absolute Gasteiger partial charge is 0.164 e. The van der Waals surface area contributed by atoms with E-state index >= 15 is 0 Å². The molecule has 0 saturated carbocycles. The zero-order valence-corrected chi connectivity index (χ0v) is 31.1. The molecule has 0 bridgehead atoms. The number of aromatic nitrogens is 3. The van der Waals surface area contributed by atoms with Crippen LogP contribution in [-0.2, 0) is 5.41 Å². The van der Waals surface area contributed by atoms with Crippen molar-refractivity contribution in [2.75, 3.05) is 0 Å². The molecule has 2 heterocycles. The number of hydrogen-bond donors (Lipinski definition) is 0. The van der Waals surface area contributed by atoms with Crippen LogP contribution < -0.4 is 0 Å². The monoisotopic (exact) mass is 711 g/mol. The van der Waals surface area contributed by atoms with Gasteiger partial charge < -0.3 is 4.42 Å². The summed E-state index contributed by atoms with van der Waals surface area (Å²) in [5.41, 5.74) is 9.99. The van der Waals surface area contributed by atoms with Crippen LogP contribution in [0.5, 0.6) is 0 Å². The Kier molecular flexibility index (Phi) is 9.09. The lowest BCUT2D eigenvalue weighted by Gasteiger charge is -2.33. The molecule has 266 valence electrons. The van der Waals surface area contributed by atoms with Crippen LogP contribution in [0.1, 0.15) is 32.5 Å². The average molecular weight is 712 g/mol. The number of allylic oxidation sites excluding steroid dienone is 6. The number of rotatable bonds is 9. The van der Waals surface area contributed by atoms with Crippen LogP contribution in [0.2, 0.25) is 0 Å². The molecule has 0 spiro atoms. The van der Waals surface area contributed by atoms with Crippen LogP contribution in [0.3, 0.4) is 0 Å². The Labute approximate surface area is 322 Å². The molecule has 0 radical (unpaired) electrons. The molecular formula is C51H41N3O. The first-order chi connectivity index (χ1) is 27.1. The van der Waals surface area contributed by atoms with Crippen molar-refractivity contribution in [1.82, 2.24) is 15.0 Å². The van der Waals surface area contributed by atoms with Crippen molar-refractivity contribution in [2.24, 2.45) is 5.92 Å². The summed E-state index contributed by atoms with van der Waals surface area (Å²) in [7, 11) is 0. The molecule has 0 fully saturated rings. The zero-order chi connectivity index (χ0) is 37.2. The molecular weight excluding hydrogens is 671 g/mol. The third-order valence-electron chi connectivity index (χ3n) is 10.9. The third-order valence-corrected chi connectivity index (χ3v) is 10.9. The Morgan fingerprint density at radius 2 is 1.20 bits per heavy atom. The quantitative estimate of drug-likeness (QED) is 0.140. The topological polar surface area (TPSA) is 51.8 Å². The van der Waals surface area contributed by atoms with Crippen LogP contribution in [0, 0.1) is 5.92 Å². The Morgan fingerprint density at radius 1 is 0.600 bits per heavy atom. The first-order valence-electron chi connectivity index (χ1n) is 19.1. The Balaban J connectivity index is 1.20. The highest BCUT2D eigenvalue weighted by Gasteiger charge is 2.36. The van der Waals surface area contributed by atoms with Gasteiger partial charge in [-0.2, -0.15) is 0 Å². The minimum Gasteiger partial charge on any atom is -0.456 e. The molecule has 6 aromatic carbocycles. The Bertz CT molecular complexity index is 2710. The van der Waals surface area contributed by atoms with Crippen molar-refractivity contribution in [3.63, 3.8) is 0 Å². The molecule has 1 aliphatic rings. The van der Waals surface area contributed by atoms with E-state index in [4.69, 9.17) is 19.4 Å². The molecule has 4 heteroatoms. The SMILES string of the molecule is CC/C=C\C(C)(c1nc(-c2ccc(-c3ccccc3)cc2)nc(-c2cccc3oc4ccc(-c5ccc(-c6ccccc6)cc5)cc4c23)n1)[C@H]1C=CC=CC1. The van der Waals surface area contributed by atoms with E-state index in [1.165, 1.54) is 16.7 Å². The number of furan rings is 1. The maximum atomic E-state index is 6.50. The molecule has 0 amide bonds. The van der Waals surface area contributed by atoms with Crippen molar-refractivity contribution in [3.8, 4) is 56.2 Å². The normalized spacial score (nSPS) is 15.2. The molecule has 1 aliphatic carbocycles. The van der Waals surface area contributed by atoms with Gasteiger partial charge in [0, 0.05) is 21.9 Å². The Hall–Kier alpha value is -6.65. The van der Waals surface area contributed by atoms with Gasteiger partial charge in [0.15, 0.2) is 11.6 Å². The highest BCUT2D eigenvalue weighted by atomic mass is 16.3. The molecule has 8 aromatic rings. The van der Waals surface area contributed by atoms with Crippen molar-refractivity contribution in [3.05, 3.63) is 188 Å². The summed E-state index contributed by atoms with van der Waals surface area (Å²) in [6.45, 7) is 4.43. The number of benzene rings is 6. The van der Waals surface area contributed by atoms with E-state index in [0.29, 0.717) is 11.6 Å². The van der Waals surface area contributed by atoms with Gasteiger partial charge in [0.25, 0.3) is 0 Å². The van der Waals surface area contributed by atoms with Gasteiger partial charge in [-0.05, 0) is 77.3 Å². The summed E-state index contributed by atoms with van der Waals surface area (Å²) in [4.78, 5) is 15.9. The lowest BCUT2D eigenvalue weighted by molar-refractivity contribution is 0.406. The van der Waals surface area contributed by atoms with E-state index in [1.54, 1.807) is 0 Å². The Morgan fingerprint density at radius 3 is 1.84 bits per heavy atom. The van der Waals surface area contributed by atoms with Crippen molar-refractivity contribution >= 4 is 21.9 Å². The third kappa shape index (κ3) is 6.61. The standard InChI is InChI=1S/C51H41N3O/c1-3-4-33-51(2,42-19-12-7-13-20-42)50-53-48(40-29-27-38(28-30-40)36-17-10-6-11-18-36)52-49(54-50)43-21-14-22-46-47(43)44-34-41(31-32-45(44)55-46)39-25-23-37(24-26-39)35-15-8-5-9-16-35/h4-19,21-34,42H,3,20H2,1-2H3/b33-4-/t42-,51?/m0/s1. The lowest BCUT2D eigenvalue weighted by Crippen LogP contribution is -2.32. The van der Waals surface area contributed by atoms with Gasteiger partial charge in [-0.15, -0.1) is 0 Å². The van der Waals surface area contributed by atoms with E-state index in [-0.39, 0.29) is 5.92 Å². The summed E-state index contributed by atoms with van der Waals surface area (Å²) < 4.78 is 6.50. The van der Waals surface area contributed by atoms with Gasteiger partial charge in [-0.25, -0.2) is 15.0 Å². The van der Waals surface area contributed by atoms with Crippen LogP contribution in [-0.4, -0.2) is 15.0 Å². The first kappa shape index (κ1) is 34.1. The van der Waals surface area contributed by atoms with Gasteiger partial charge in [0.2, 0.25) is 0 Å². The van der Waals surface area contributed by atoms with Crippen LogP contribution >= 0.6 is 0 Å². The van der Waals surface area contributed by atoms with Crippen molar-refractivity contribution < 1.29 is 4.42 Å². The number of hydrogen-bond acceptors (Lipinski definition) is 4. The summed E-state index contributed by atoms with van der Waals surface area (Å²) in [6.07, 6.45) is 15.1. The summed E-state index contributed by atoms with van der Waals surface area (Å²) in [5.74, 6) is 2.21. The first-order valence-corrected chi connectivity index (χ1v) is 19.1. The van der Waals surface area contributed by atoms with E-state index in [9.17, 15) is 0 Å². The lowest BCUT2D eigenvalue weighted by atomic mass is 9.72. The number of fused-ring (bicyclic) bond motifs is 3. The van der Waals surface area contributed by atoms with E-state index in [1.807, 2.05) is 24.3 Å². The van der Waals surface area contributed by atoms with E-state index < -0.39 is 5.41 Å². The van der Waals surface area contributed by atoms with Gasteiger partial charge in [-0.3, -0.25) is 0 Å². The van der Waals surface area contributed by atoms with Gasteiger partial charge in [0.05, 0.1) is 5.41 Å². The molecule has 55 heavy (non-hydrogen) atoms. The van der Waals surface area contributed by atoms with E-state index in [0.717, 1.165) is 68.4 Å². The minimum absolute atomic E-state index is 0.185. The maximum Gasteiger partial charge on any atom is 0.164 e. The fraction of sp³-hybridized carbons (Fsp3) is 0.118. The van der Waals surface area contributed by atoms with Crippen LogP contribution in [0.25, 0.3) is 78.1 Å². The van der Waals surface area contributed by atoms with Gasteiger partial charge >= 0.3 is 0 Å². The van der Waals surface area contributed by atoms with Crippen molar-refractivity contribution in [2.45, 2.75) is 32.1 Å². The van der Waals surface area contributed by atoms with Gasteiger partial charge in [0.1, 0.15) is 17.0 Å². The second kappa shape index (κ2) is 14.6. The largest absolute Gasteiger partial charge is 0.456 e. The number of nitrogens with zero attached hydrogens (tertiary/aromatic N) is 3. The fourth-order valence-corrected chi connectivity index (χ4v) is 7.74. The molecule has 4 nitrogen and oxygen atoms in total. The molecule has 9 rings (SSSR count). The van der Waals surface area contributed by atoms with Crippen molar-refractivity contribution in [1.29, 1.82) is 0 Å². The molecule has 0 N–H and O–H groups in total. The summed E-state index contributed by atoms with van der Waals surface area (Å²) in [5, 5.41) is 2.02. The predicted molar refractivity (Wildman–Crippen MR) is 227 cm³/mol. The van der Waals surface area contributed by atoms with Crippen LogP contribution in [0.15, 0.2) is 186 Å². The molecule has 2 atom stereocenters. The maximum absolute atomic E-state index is 6.50. The van der Waals surface area contributed by atoms with Gasteiger partial charge in [-0.1, -0.05) is 171 Å². The average Bonchev–Trinajstić information content (AvgIpc) is 3.65. The predicted octanol–water partition coefficient (Wildman–Crippen LogP) is 13.5. The zero-order valence-electron chi connectivity index (χ0n) is 31.1. The molecule has 2 aromatic heterocycles. The summed E-state index contributed by atoms with van der Waals surface area (Å²) >= 11 is 0. The second-order valence-corrected chi connectivity index (χ2v) is 14.4.